The molecule has 1 aromatic rings. The largest absolute Gasteiger partial charge is 0.435 e. The summed E-state index contributed by atoms with van der Waals surface area (Å²) >= 11 is 0. The second-order valence-corrected chi connectivity index (χ2v) is 7.28. The minimum atomic E-state index is 0.0283. The zero-order valence-corrected chi connectivity index (χ0v) is 14.7. The number of hydrogen-bond acceptors (Lipinski definition) is 3. The molecule has 1 aromatic heterocycles. The predicted molar refractivity (Wildman–Crippen MR) is 87.9 cm³/mol. The lowest BCUT2D eigenvalue weighted by Gasteiger charge is -2.32. The Bertz CT molecular complexity index is 505. The van der Waals surface area contributed by atoms with Gasteiger partial charge in [0.25, 0.3) is 5.91 Å². The van der Waals surface area contributed by atoms with Crippen molar-refractivity contribution in [2.45, 2.75) is 72.8 Å². The zero-order chi connectivity index (χ0) is 16.3. The highest BCUT2D eigenvalue weighted by molar-refractivity contribution is 5.92. The third-order valence-electron chi connectivity index (χ3n) is 4.45. The van der Waals surface area contributed by atoms with Gasteiger partial charge in [-0.25, -0.2) is 4.98 Å². The van der Waals surface area contributed by atoms with E-state index in [2.05, 4.69) is 32.7 Å². The molecular formula is C18H30N2O2. The molecule has 124 valence electrons. The lowest BCUT2D eigenvalue weighted by Crippen LogP contribution is -2.43. The van der Waals surface area contributed by atoms with Gasteiger partial charge >= 0.3 is 0 Å². The molecule has 1 saturated heterocycles. The fourth-order valence-corrected chi connectivity index (χ4v) is 3.30. The van der Waals surface area contributed by atoms with Gasteiger partial charge in [-0.05, 0) is 31.6 Å². The van der Waals surface area contributed by atoms with Crippen molar-refractivity contribution in [3.05, 3.63) is 17.3 Å². The molecule has 0 aromatic carbocycles. The number of hydrogen-bond donors (Lipinski definition) is 0. The Labute approximate surface area is 134 Å². The summed E-state index contributed by atoms with van der Waals surface area (Å²) in [5.74, 6) is 2.11. The van der Waals surface area contributed by atoms with Crippen LogP contribution in [0.3, 0.4) is 0 Å². The van der Waals surface area contributed by atoms with Crippen LogP contribution >= 0.6 is 0 Å². The van der Waals surface area contributed by atoms with Crippen LogP contribution in [0.25, 0.3) is 0 Å². The van der Waals surface area contributed by atoms with E-state index in [1.807, 2.05) is 11.8 Å². The first-order valence-corrected chi connectivity index (χ1v) is 8.67. The highest BCUT2D eigenvalue weighted by Gasteiger charge is 2.31. The number of amides is 1. The van der Waals surface area contributed by atoms with Crippen LogP contribution in [-0.2, 0) is 6.42 Å². The van der Waals surface area contributed by atoms with Gasteiger partial charge in [-0.3, -0.25) is 4.79 Å². The SMILES string of the molecule is Cc1nc(CC(C)C)oc1C(=O)N1CCCCCC1C(C)C. The maximum atomic E-state index is 13.0. The third-order valence-corrected chi connectivity index (χ3v) is 4.45. The van der Waals surface area contributed by atoms with Gasteiger partial charge in [0.15, 0.2) is 5.89 Å². The molecule has 1 fully saturated rings. The minimum absolute atomic E-state index is 0.0283. The summed E-state index contributed by atoms with van der Waals surface area (Å²) in [7, 11) is 0. The Morgan fingerprint density at radius 3 is 2.64 bits per heavy atom. The van der Waals surface area contributed by atoms with E-state index in [0.717, 1.165) is 31.5 Å². The quantitative estimate of drug-likeness (QED) is 0.836. The molecule has 1 unspecified atom stereocenters. The number of carbonyl (C=O) groups is 1. The van der Waals surface area contributed by atoms with Crippen LogP contribution < -0.4 is 0 Å². The number of aromatic nitrogens is 1. The van der Waals surface area contributed by atoms with Gasteiger partial charge in [0.05, 0.1) is 5.69 Å². The molecule has 1 aliphatic heterocycles. The van der Waals surface area contributed by atoms with E-state index >= 15 is 0 Å². The van der Waals surface area contributed by atoms with E-state index < -0.39 is 0 Å². The molecule has 0 aliphatic carbocycles. The standard InChI is InChI=1S/C18H30N2O2/c1-12(2)11-16-19-14(5)17(22-16)18(21)20-10-8-6-7-9-15(20)13(3)4/h12-13,15H,6-11H2,1-5H3. The van der Waals surface area contributed by atoms with Crippen molar-refractivity contribution >= 4 is 5.91 Å². The lowest BCUT2D eigenvalue weighted by atomic mass is 9.98. The molecule has 1 atom stereocenters. The van der Waals surface area contributed by atoms with Gasteiger partial charge < -0.3 is 9.32 Å². The van der Waals surface area contributed by atoms with E-state index in [-0.39, 0.29) is 5.91 Å². The monoisotopic (exact) mass is 306 g/mol. The molecule has 2 heterocycles. The zero-order valence-electron chi connectivity index (χ0n) is 14.7. The van der Waals surface area contributed by atoms with Gasteiger partial charge in [0.2, 0.25) is 5.76 Å². The molecule has 4 heteroatoms. The number of aryl methyl sites for hydroxylation is 1. The fraction of sp³-hybridized carbons (Fsp3) is 0.778. The van der Waals surface area contributed by atoms with Crippen molar-refractivity contribution in [3.63, 3.8) is 0 Å². The van der Waals surface area contributed by atoms with E-state index in [4.69, 9.17) is 4.42 Å². The van der Waals surface area contributed by atoms with Crippen LogP contribution in [0, 0.1) is 18.8 Å². The van der Waals surface area contributed by atoms with Crippen molar-refractivity contribution in [3.8, 4) is 0 Å². The van der Waals surface area contributed by atoms with Crippen LogP contribution in [0.1, 0.15) is 75.5 Å². The maximum absolute atomic E-state index is 13.0. The second-order valence-electron chi connectivity index (χ2n) is 7.28. The molecule has 0 saturated carbocycles. The molecule has 4 nitrogen and oxygen atoms in total. The number of likely N-dealkylation sites (tertiary alicyclic amines) is 1. The Hall–Kier alpha value is -1.32. The third kappa shape index (κ3) is 3.90. The highest BCUT2D eigenvalue weighted by Crippen LogP contribution is 2.26. The Morgan fingerprint density at radius 2 is 2.00 bits per heavy atom. The number of nitrogens with zero attached hydrogens (tertiary/aromatic N) is 2. The molecule has 0 radical (unpaired) electrons. The minimum Gasteiger partial charge on any atom is -0.435 e. The average Bonchev–Trinajstić information content (AvgIpc) is 2.65. The second kappa shape index (κ2) is 7.30. The van der Waals surface area contributed by atoms with Crippen LogP contribution in [-0.4, -0.2) is 28.4 Å². The molecule has 2 rings (SSSR count). The first-order valence-electron chi connectivity index (χ1n) is 8.67. The Kier molecular flexibility index (Phi) is 5.65. The van der Waals surface area contributed by atoms with Crippen molar-refractivity contribution in [1.82, 2.24) is 9.88 Å². The van der Waals surface area contributed by atoms with Gasteiger partial charge in [0.1, 0.15) is 0 Å². The number of oxazole rings is 1. The average molecular weight is 306 g/mol. The highest BCUT2D eigenvalue weighted by atomic mass is 16.4. The van der Waals surface area contributed by atoms with Gasteiger partial charge in [-0.15, -0.1) is 0 Å². The fourth-order valence-electron chi connectivity index (χ4n) is 3.30. The van der Waals surface area contributed by atoms with Crippen molar-refractivity contribution in [2.75, 3.05) is 6.54 Å². The molecule has 22 heavy (non-hydrogen) atoms. The molecule has 1 aliphatic rings. The summed E-state index contributed by atoms with van der Waals surface area (Å²) in [5.41, 5.74) is 0.729. The molecular weight excluding hydrogens is 276 g/mol. The molecule has 1 amide bonds. The van der Waals surface area contributed by atoms with Crippen LogP contribution in [0.15, 0.2) is 4.42 Å². The summed E-state index contributed by atoms with van der Waals surface area (Å²) in [6.45, 7) is 11.4. The smallest absolute Gasteiger partial charge is 0.291 e. The van der Waals surface area contributed by atoms with E-state index in [9.17, 15) is 4.79 Å². The topological polar surface area (TPSA) is 46.3 Å². The van der Waals surface area contributed by atoms with Crippen molar-refractivity contribution in [2.24, 2.45) is 11.8 Å². The molecule has 0 N–H and O–H groups in total. The lowest BCUT2D eigenvalue weighted by molar-refractivity contribution is 0.0596. The summed E-state index contributed by atoms with van der Waals surface area (Å²) in [6.07, 6.45) is 5.37. The van der Waals surface area contributed by atoms with E-state index in [1.165, 1.54) is 12.8 Å². The van der Waals surface area contributed by atoms with E-state index in [0.29, 0.717) is 29.5 Å². The Balaban J connectivity index is 2.23. The van der Waals surface area contributed by atoms with E-state index in [1.54, 1.807) is 0 Å². The molecule has 0 spiro atoms. The summed E-state index contributed by atoms with van der Waals surface area (Å²) in [6, 6.07) is 0.313. The summed E-state index contributed by atoms with van der Waals surface area (Å²) in [5, 5.41) is 0. The number of rotatable bonds is 4. The van der Waals surface area contributed by atoms with Crippen molar-refractivity contribution < 1.29 is 9.21 Å². The van der Waals surface area contributed by atoms with Gasteiger partial charge in [-0.2, -0.15) is 0 Å². The van der Waals surface area contributed by atoms with Gasteiger partial charge in [-0.1, -0.05) is 40.5 Å². The molecule has 0 bridgehead atoms. The van der Waals surface area contributed by atoms with Crippen LogP contribution in [0.2, 0.25) is 0 Å². The Morgan fingerprint density at radius 1 is 1.27 bits per heavy atom. The summed E-state index contributed by atoms with van der Waals surface area (Å²) < 4.78 is 5.81. The van der Waals surface area contributed by atoms with Crippen LogP contribution in [0.5, 0.6) is 0 Å². The first-order chi connectivity index (χ1) is 10.4. The van der Waals surface area contributed by atoms with Crippen LogP contribution in [0.4, 0.5) is 0 Å². The van der Waals surface area contributed by atoms with Crippen molar-refractivity contribution in [1.29, 1.82) is 0 Å². The predicted octanol–water partition coefficient (Wildman–Crippen LogP) is 4.22. The summed E-state index contributed by atoms with van der Waals surface area (Å²) in [4.78, 5) is 19.5. The van der Waals surface area contributed by atoms with Gasteiger partial charge in [0, 0.05) is 19.0 Å². The maximum Gasteiger partial charge on any atom is 0.291 e. The number of carbonyl (C=O) groups excluding carboxylic acids is 1. The first kappa shape index (κ1) is 17.0. The normalized spacial score (nSPS) is 19.8.